The van der Waals surface area contributed by atoms with E-state index >= 15 is 0 Å². The fourth-order valence-electron chi connectivity index (χ4n) is 1.09. The summed E-state index contributed by atoms with van der Waals surface area (Å²) in [6.45, 7) is 4.69. The van der Waals surface area contributed by atoms with Crippen molar-refractivity contribution in [2.24, 2.45) is 11.7 Å². The predicted octanol–water partition coefficient (Wildman–Crippen LogP) is 2.21. The molecule has 0 spiro atoms. The minimum atomic E-state index is 0.0473. The summed E-state index contributed by atoms with van der Waals surface area (Å²) in [6.07, 6.45) is 3.46. The molecule has 0 saturated carbocycles. The second-order valence-electron chi connectivity index (χ2n) is 3.47. The number of ether oxygens (including phenoxy) is 1. The summed E-state index contributed by atoms with van der Waals surface area (Å²) in [5, 5.41) is 0. The molecule has 0 saturated heterocycles. The maximum absolute atomic E-state index is 5.69. The molecule has 1 aromatic rings. The Labute approximate surface area is 92.8 Å². The van der Waals surface area contributed by atoms with Crippen molar-refractivity contribution >= 4 is 15.9 Å². The molecule has 14 heavy (non-hydrogen) atoms. The first-order chi connectivity index (χ1) is 6.63. The number of hydrogen-bond acceptors (Lipinski definition) is 3. The predicted molar refractivity (Wildman–Crippen MR) is 60.2 cm³/mol. The average Bonchev–Trinajstić information content (AvgIpc) is 2.14. The van der Waals surface area contributed by atoms with E-state index in [9.17, 15) is 0 Å². The molecule has 0 aliphatic heterocycles. The lowest BCUT2D eigenvalue weighted by atomic mass is 10.1. The van der Waals surface area contributed by atoms with E-state index in [-0.39, 0.29) is 6.10 Å². The van der Waals surface area contributed by atoms with E-state index < -0.39 is 0 Å². The van der Waals surface area contributed by atoms with Crippen LogP contribution in [0.4, 0.5) is 0 Å². The highest BCUT2D eigenvalue weighted by Gasteiger charge is 2.13. The van der Waals surface area contributed by atoms with Gasteiger partial charge in [0, 0.05) is 17.2 Å². The van der Waals surface area contributed by atoms with Crippen molar-refractivity contribution in [3.63, 3.8) is 0 Å². The van der Waals surface area contributed by atoms with Crippen LogP contribution in [0.3, 0.4) is 0 Å². The number of nitrogens with zero attached hydrogens (tertiary/aromatic N) is 1. The third-order valence-electron chi connectivity index (χ3n) is 1.94. The Bertz CT molecular complexity index is 291. The van der Waals surface area contributed by atoms with Crippen LogP contribution >= 0.6 is 15.9 Å². The zero-order valence-corrected chi connectivity index (χ0v) is 9.99. The van der Waals surface area contributed by atoms with Gasteiger partial charge in [-0.2, -0.15) is 0 Å². The van der Waals surface area contributed by atoms with Crippen LogP contribution in [-0.4, -0.2) is 17.6 Å². The third-order valence-corrected chi connectivity index (χ3v) is 2.38. The van der Waals surface area contributed by atoms with Gasteiger partial charge in [-0.1, -0.05) is 13.8 Å². The summed E-state index contributed by atoms with van der Waals surface area (Å²) in [4.78, 5) is 4.02. The third kappa shape index (κ3) is 3.27. The number of halogens is 1. The molecule has 1 rings (SSSR count). The van der Waals surface area contributed by atoms with Crippen molar-refractivity contribution in [1.29, 1.82) is 0 Å². The van der Waals surface area contributed by atoms with E-state index in [4.69, 9.17) is 10.5 Å². The second kappa shape index (κ2) is 5.32. The smallest absolute Gasteiger partial charge is 0.139 e. The van der Waals surface area contributed by atoms with Gasteiger partial charge in [-0.05, 0) is 27.9 Å². The summed E-state index contributed by atoms with van der Waals surface area (Å²) in [5.41, 5.74) is 5.60. The summed E-state index contributed by atoms with van der Waals surface area (Å²) >= 11 is 3.34. The van der Waals surface area contributed by atoms with E-state index in [0.29, 0.717) is 12.5 Å². The first-order valence-electron chi connectivity index (χ1n) is 4.60. The Morgan fingerprint density at radius 1 is 1.50 bits per heavy atom. The van der Waals surface area contributed by atoms with Gasteiger partial charge < -0.3 is 10.5 Å². The topological polar surface area (TPSA) is 48.1 Å². The lowest BCUT2D eigenvalue weighted by Crippen LogP contribution is -2.31. The van der Waals surface area contributed by atoms with E-state index in [0.717, 1.165) is 10.2 Å². The van der Waals surface area contributed by atoms with Crippen LogP contribution in [0.15, 0.2) is 22.9 Å². The Morgan fingerprint density at radius 3 is 2.71 bits per heavy atom. The van der Waals surface area contributed by atoms with Gasteiger partial charge in [0.05, 0.1) is 6.20 Å². The molecule has 0 aliphatic rings. The van der Waals surface area contributed by atoms with Crippen molar-refractivity contribution in [3.05, 3.63) is 22.9 Å². The van der Waals surface area contributed by atoms with Gasteiger partial charge >= 0.3 is 0 Å². The lowest BCUT2D eigenvalue weighted by molar-refractivity contribution is 0.158. The number of rotatable bonds is 4. The molecule has 0 bridgehead atoms. The van der Waals surface area contributed by atoms with E-state index in [1.54, 1.807) is 12.4 Å². The average molecular weight is 259 g/mol. The molecule has 0 aliphatic carbocycles. The Balaban J connectivity index is 2.67. The van der Waals surface area contributed by atoms with Gasteiger partial charge in [0.2, 0.25) is 0 Å². The molecule has 78 valence electrons. The standard InChI is InChI=1S/C10H15BrN2O/c1-7(2)10(4-12)14-9-3-8(11)5-13-6-9/h3,5-7,10H,4,12H2,1-2H3. The van der Waals surface area contributed by atoms with Gasteiger partial charge in [-0.3, -0.25) is 4.98 Å². The van der Waals surface area contributed by atoms with Crippen LogP contribution in [0, 0.1) is 5.92 Å². The molecular formula is C10H15BrN2O. The van der Waals surface area contributed by atoms with Crippen molar-refractivity contribution < 1.29 is 4.74 Å². The van der Waals surface area contributed by atoms with Crippen molar-refractivity contribution in [1.82, 2.24) is 4.98 Å². The molecule has 0 fully saturated rings. The maximum Gasteiger partial charge on any atom is 0.139 e. The van der Waals surface area contributed by atoms with Crippen LogP contribution in [-0.2, 0) is 0 Å². The normalized spacial score (nSPS) is 12.9. The highest BCUT2D eigenvalue weighted by atomic mass is 79.9. The van der Waals surface area contributed by atoms with Crippen LogP contribution in [0.2, 0.25) is 0 Å². The maximum atomic E-state index is 5.69. The molecule has 3 nitrogen and oxygen atoms in total. The number of nitrogens with two attached hydrogens (primary N) is 1. The molecule has 2 N–H and O–H groups in total. The summed E-state index contributed by atoms with van der Waals surface area (Å²) in [5.74, 6) is 1.16. The van der Waals surface area contributed by atoms with Crippen LogP contribution in [0.1, 0.15) is 13.8 Å². The van der Waals surface area contributed by atoms with Crippen molar-refractivity contribution in [3.8, 4) is 5.75 Å². The van der Waals surface area contributed by atoms with E-state index in [1.807, 2.05) is 6.07 Å². The molecule has 1 atom stereocenters. The quantitative estimate of drug-likeness (QED) is 0.901. The number of aromatic nitrogens is 1. The highest BCUT2D eigenvalue weighted by molar-refractivity contribution is 9.10. The lowest BCUT2D eigenvalue weighted by Gasteiger charge is -2.20. The van der Waals surface area contributed by atoms with Crippen molar-refractivity contribution in [2.45, 2.75) is 20.0 Å². The van der Waals surface area contributed by atoms with E-state index in [1.165, 1.54) is 0 Å². The monoisotopic (exact) mass is 258 g/mol. The Kier molecular flexibility index (Phi) is 4.35. The summed E-state index contributed by atoms with van der Waals surface area (Å²) in [6, 6.07) is 1.89. The molecular weight excluding hydrogens is 244 g/mol. The van der Waals surface area contributed by atoms with Crippen molar-refractivity contribution in [2.75, 3.05) is 6.54 Å². The molecule has 1 aromatic heterocycles. The van der Waals surface area contributed by atoms with Crippen LogP contribution in [0.5, 0.6) is 5.75 Å². The summed E-state index contributed by atoms with van der Waals surface area (Å²) in [7, 11) is 0. The van der Waals surface area contributed by atoms with Gasteiger partial charge in [0.1, 0.15) is 11.9 Å². The minimum absolute atomic E-state index is 0.0473. The molecule has 0 amide bonds. The van der Waals surface area contributed by atoms with E-state index in [2.05, 4.69) is 34.8 Å². The van der Waals surface area contributed by atoms with Crippen LogP contribution < -0.4 is 10.5 Å². The first-order valence-corrected chi connectivity index (χ1v) is 5.40. The SMILES string of the molecule is CC(C)C(CN)Oc1cncc(Br)c1. The van der Waals surface area contributed by atoms with Gasteiger partial charge in [-0.25, -0.2) is 0 Å². The summed E-state index contributed by atoms with van der Waals surface area (Å²) < 4.78 is 6.60. The highest BCUT2D eigenvalue weighted by Crippen LogP contribution is 2.18. The van der Waals surface area contributed by atoms with Gasteiger partial charge in [0.15, 0.2) is 0 Å². The molecule has 0 aromatic carbocycles. The Morgan fingerprint density at radius 2 is 2.21 bits per heavy atom. The minimum Gasteiger partial charge on any atom is -0.487 e. The van der Waals surface area contributed by atoms with Gasteiger partial charge in [-0.15, -0.1) is 0 Å². The first kappa shape index (κ1) is 11.5. The number of hydrogen-bond donors (Lipinski definition) is 1. The molecule has 0 radical (unpaired) electrons. The zero-order chi connectivity index (χ0) is 10.6. The largest absolute Gasteiger partial charge is 0.487 e. The fourth-order valence-corrected chi connectivity index (χ4v) is 1.43. The van der Waals surface area contributed by atoms with Gasteiger partial charge in [0.25, 0.3) is 0 Å². The molecule has 4 heteroatoms. The fraction of sp³-hybridized carbons (Fsp3) is 0.500. The zero-order valence-electron chi connectivity index (χ0n) is 8.40. The van der Waals surface area contributed by atoms with Crippen LogP contribution in [0.25, 0.3) is 0 Å². The molecule has 1 heterocycles. The Hall–Kier alpha value is -0.610. The second-order valence-corrected chi connectivity index (χ2v) is 4.39. The molecule has 1 unspecified atom stereocenters. The number of pyridine rings is 1.